The Morgan fingerprint density at radius 1 is 1.30 bits per heavy atom. The molecule has 1 aromatic carbocycles. The second-order valence-corrected chi connectivity index (χ2v) is 4.30. The fourth-order valence-corrected chi connectivity index (χ4v) is 1.47. The molecule has 0 aliphatic heterocycles. The number of oxime groups is 1. The highest BCUT2D eigenvalue weighted by atomic mass is 35.5. The molecule has 5 nitrogen and oxygen atoms in total. The van der Waals surface area contributed by atoms with E-state index in [1.807, 2.05) is 0 Å². The van der Waals surface area contributed by atoms with Crippen LogP contribution in [0.25, 0.3) is 0 Å². The van der Waals surface area contributed by atoms with Crippen LogP contribution in [-0.2, 0) is 9.63 Å². The molecule has 20 heavy (non-hydrogen) atoms. The van der Waals surface area contributed by atoms with E-state index in [2.05, 4.69) is 5.16 Å². The van der Waals surface area contributed by atoms with Crippen LogP contribution in [0.3, 0.4) is 0 Å². The van der Waals surface area contributed by atoms with Crippen LogP contribution >= 0.6 is 11.6 Å². The van der Waals surface area contributed by atoms with Gasteiger partial charge in [-0.05, 0) is 43.3 Å². The van der Waals surface area contributed by atoms with Gasteiger partial charge >= 0.3 is 5.97 Å². The molecule has 0 spiro atoms. The molecule has 2 rings (SSSR count). The molecule has 1 aromatic heterocycles. The third-order valence-corrected chi connectivity index (χ3v) is 2.58. The molecule has 0 saturated heterocycles. The summed E-state index contributed by atoms with van der Waals surface area (Å²) in [6, 6.07) is 10.1. The predicted octanol–water partition coefficient (Wildman–Crippen LogP) is 3.28. The maximum absolute atomic E-state index is 11.4. The Hall–Kier alpha value is -2.27. The molecule has 0 saturated carbocycles. The van der Waals surface area contributed by atoms with Crippen molar-refractivity contribution in [3.8, 4) is 5.75 Å². The molecule has 1 heterocycles. The summed E-state index contributed by atoms with van der Waals surface area (Å²) in [5.74, 6) is 0.459. The summed E-state index contributed by atoms with van der Waals surface area (Å²) in [4.78, 5) is 16.2. The van der Waals surface area contributed by atoms with Crippen molar-refractivity contribution in [2.45, 2.75) is 6.92 Å². The SMILES string of the molecule is CC(=NOC(=O)COc1ccc(Cl)cc1)c1ccco1. The highest BCUT2D eigenvalue weighted by Gasteiger charge is 2.06. The predicted molar refractivity (Wildman–Crippen MR) is 74.0 cm³/mol. The van der Waals surface area contributed by atoms with Gasteiger partial charge in [0.2, 0.25) is 0 Å². The molecule has 6 heteroatoms. The largest absolute Gasteiger partial charge is 0.482 e. The topological polar surface area (TPSA) is 61.0 Å². The maximum atomic E-state index is 11.4. The minimum atomic E-state index is -0.606. The number of hydrogen-bond acceptors (Lipinski definition) is 5. The number of hydrogen-bond donors (Lipinski definition) is 0. The molecular weight excluding hydrogens is 282 g/mol. The van der Waals surface area contributed by atoms with Gasteiger partial charge in [0.1, 0.15) is 11.5 Å². The first-order valence-electron chi connectivity index (χ1n) is 5.82. The van der Waals surface area contributed by atoms with Gasteiger partial charge in [0.05, 0.1) is 6.26 Å². The van der Waals surface area contributed by atoms with Crippen LogP contribution in [0, 0.1) is 0 Å². The van der Waals surface area contributed by atoms with Crippen LogP contribution < -0.4 is 4.74 Å². The van der Waals surface area contributed by atoms with E-state index in [1.165, 1.54) is 6.26 Å². The quantitative estimate of drug-likeness (QED) is 0.482. The van der Waals surface area contributed by atoms with Gasteiger partial charge in [-0.25, -0.2) is 4.79 Å². The van der Waals surface area contributed by atoms with Gasteiger partial charge in [-0.1, -0.05) is 16.8 Å². The fraction of sp³-hybridized carbons (Fsp3) is 0.143. The molecule has 0 bridgehead atoms. The van der Waals surface area contributed by atoms with Crippen molar-refractivity contribution < 1.29 is 18.8 Å². The van der Waals surface area contributed by atoms with Crippen molar-refractivity contribution >= 4 is 23.3 Å². The van der Waals surface area contributed by atoms with E-state index in [0.29, 0.717) is 22.2 Å². The number of rotatable bonds is 5. The van der Waals surface area contributed by atoms with Crippen LogP contribution in [0.4, 0.5) is 0 Å². The smallest absolute Gasteiger partial charge is 0.372 e. The van der Waals surface area contributed by atoms with E-state index < -0.39 is 5.97 Å². The van der Waals surface area contributed by atoms with E-state index >= 15 is 0 Å². The lowest BCUT2D eigenvalue weighted by Crippen LogP contribution is -2.13. The van der Waals surface area contributed by atoms with Crippen LogP contribution in [0.15, 0.2) is 52.2 Å². The van der Waals surface area contributed by atoms with E-state index in [1.54, 1.807) is 43.3 Å². The number of benzene rings is 1. The van der Waals surface area contributed by atoms with Gasteiger partial charge < -0.3 is 14.0 Å². The zero-order valence-electron chi connectivity index (χ0n) is 10.7. The Morgan fingerprint density at radius 2 is 2.05 bits per heavy atom. The Morgan fingerprint density at radius 3 is 2.70 bits per heavy atom. The minimum absolute atomic E-state index is 0.240. The number of nitrogens with zero attached hydrogens (tertiary/aromatic N) is 1. The normalized spacial score (nSPS) is 11.2. The maximum Gasteiger partial charge on any atom is 0.372 e. The van der Waals surface area contributed by atoms with E-state index in [0.717, 1.165) is 0 Å². The summed E-state index contributed by atoms with van der Waals surface area (Å²) in [6.45, 7) is 1.43. The summed E-state index contributed by atoms with van der Waals surface area (Å²) in [5, 5.41) is 4.26. The molecule has 0 N–H and O–H groups in total. The van der Waals surface area contributed by atoms with Crippen LogP contribution in [0.2, 0.25) is 5.02 Å². The summed E-state index contributed by atoms with van der Waals surface area (Å²) in [6.07, 6.45) is 1.51. The molecule has 0 fully saturated rings. The van der Waals surface area contributed by atoms with Gasteiger partial charge in [-0.15, -0.1) is 0 Å². The molecule has 0 amide bonds. The first-order valence-corrected chi connectivity index (χ1v) is 6.19. The average molecular weight is 294 g/mol. The average Bonchev–Trinajstić information content (AvgIpc) is 2.98. The molecule has 0 unspecified atom stereocenters. The number of halogens is 1. The molecule has 104 valence electrons. The van der Waals surface area contributed by atoms with Crippen molar-refractivity contribution in [2.24, 2.45) is 5.16 Å². The summed E-state index contributed by atoms with van der Waals surface area (Å²) in [7, 11) is 0. The second kappa shape index (κ2) is 6.77. The van der Waals surface area contributed by atoms with Crippen molar-refractivity contribution in [2.75, 3.05) is 6.61 Å². The van der Waals surface area contributed by atoms with Crippen molar-refractivity contribution in [3.05, 3.63) is 53.4 Å². The lowest BCUT2D eigenvalue weighted by atomic mass is 10.3. The Kier molecular flexibility index (Phi) is 4.79. The summed E-state index contributed by atoms with van der Waals surface area (Å²) in [5.41, 5.74) is 0.467. The van der Waals surface area contributed by atoms with Crippen molar-refractivity contribution in [3.63, 3.8) is 0 Å². The van der Waals surface area contributed by atoms with Crippen LogP contribution in [-0.4, -0.2) is 18.3 Å². The first kappa shape index (κ1) is 14.1. The van der Waals surface area contributed by atoms with Gasteiger partial charge in [-0.2, -0.15) is 0 Å². The van der Waals surface area contributed by atoms with Crippen molar-refractivity contribution in [1.29, 1.82) is 0 Å². The third kappa shape index (κ3) is 4.13. The number of furan rings is 1. The monoisotopic (exact) mass is 293 g/mol. The first-order chi connectivity index (χ1) is 9.65. The minimum Gasteiger partial charge on any atom is -0.482 e. The van der Waals surface area contributed by atoms with Gasteiger partial charge in [0.25, 0.3) is 0 Å². The van der Waals surface area contributed by atoms with E-state index in [4.69, 9.17) is 25.6 Å². The van der Waals surface area contributed by atoms with Gasteiger partial charge in [0, 0.05) is 5.02 Å². The summed E-state index contributed by atoms with van der Waals surface area (Å²) < 4.78 is 10.3. The highest BCUT2D eigenvalue weighted by Crippen LogP contribution is 2.15. The third-order valence-electron chi connectivity index (χ3n) is 2.33. The summed E-state index contributed by atoms with van der Waals surface area (Å²) >= 11 is 5.73. The Bertz CT molecular complexity index is 590. The molecule has 0 aliphatic rings. The van der Waals surface area contributed by atoms with Crippen LogP contribution in [0.5, 0.6) is 5.75 Å². The lowest BCUT2D eigenvalue weighted by molar-refractivity contribution is -0.146. The molecule has 2 aromatic rings. The van der Waals surface area contributed by atoms with E-state index in [-0.39, 0.29) is 6.61 Å². The zero-order chi connectivity index (χ0) is 14.4. The number of carbonyl (C=O) groups is 1. The molecular formula is C14H12ClNO4. The highest BCUT2D eigenvalue weighted by molar-refractivity contribution is 6.30. The van der Waals surface area contributed by atoms with Gasteiger partial charge in [0.15, 0.2) is 12.4 Å². The number of carbonyl (C=O) groups excluding carboxylic acids is 1. The molecule has 0 atom stereocenters. The van der Waals surface area contributed by atoms with Crippen LogP contribution in [0.1, 0.15) is 12.7 Å². The number of ether oxygens (including phenoxy) is 1. The Balaban J connectivity index is 1.81. The molecule has 0 aliphatic carbocycles. The fourth-order valence-electron chi connectivity index (χ4n) is 1.35. The Labute approximate surface area is 120 Å². The van der Waals surface area contributed by atoms with E-state index in [9.17, 15) is 4.79 Å². The lowest BCUT2D eigenvalue weighted by Gasteiger charge is -2.04. The molecule has 0 radical (unpaired) electrons. The van der Waals surface area contributed by atoms with Gasteiger partial charge in [-0.3, -0.25) is 0 Å². The standard InChI is InChI=1S/C14H12ClNO4/c1-10(13-3-2-8-18-13)16-20-14(17)9-19-12-6-4-11(15)5-7-12/h2-8H,9H2,1H3. The van der Waals surface area contributed by atoms with Crippen molar-refractivity contribution in [1.82, 2.24) is 0 Å². The second-order valence-electron chi connectivity index (χ2n) is 3.86. The zero-order valence-corrected chi connectivity index (χ0v) is 11.5.